The zero-order chi connectivity index (χ0) is 14.4. The first-order chi connectivity index (χ1) is 9.63. The minimum atomic E-state index is -0.321. The van der Waals surface area contributed by atoms with E-state index in [1.54, 1.807) is 12.1 Å². The van der Waals surface area contributed by atoms with Gasteiger partial charge in [0.15, 0.2) is 5.76 Å². The third kappa shape index (κ3) is 4.66. The number of halogens is 1. The summed E-state index contributed by atoms with van der Waals surface area (Å²) >= 11 is 0. The molecule has 0 saturated carbocycles. The van der Waals surface area contributed by atoms with Crippen LogP contribution in [0.1, 0.15) is 25.3 Å². The minimum Gasteiger partial charge on any atom is -0.485 e. The van der Waals surface area contributed by atoms with Crippen LogP contribution in [-0.4, -0.2) is 11.7 Å². The number of nitrogens with zero attached hydrogens (tertiary/aromatic N) is 1. The first kappa shape index (κ1) is 14.5. The largest absolute Gasteiger partial charge is 0.485 e. The van der Waals surface area contributed by atoms with Gasteiger partial charge < -0.3 is 14.6 Å². The van der Waals surface area contributed by atoms with Crippen LogP contribution in [0.3, 0.4) is 0 Å². The van der Waals surface area contributed by atoms with E-state index in [0.29, 0.717) is 24.0 Å². The maximum Gasteiger partial charge on any atom is 0.174 e. The van der Waals surface area contributed by atoms with Gasteiger partial charge in [-0.2, -0.15) is 0 Å². The summed E-state index contributed by atoms with van der Waals surface area (Å²) in [5.41, 5.74) is 0.837. The van der Waals surface area contributed by atoms with Gasteiger partial charge in [-0.15, -0.1) is 0 Å². The predicted octanol–water partition coefficient (Wildman–Crippen LogP) is 3.14. The molecule has 2 aromatic rings. The first-order valence-electron chi connectivity index (χ1n) is 6.67. The van der Waals surface area contributed by atoms with Crippen LogP contribution in [0.25, 0.3) is 0 Å². The quantitative estimate of drug-likeness (QED) is 0.845. The van der Waals surface area contributed by atoms with Crippen LogP contribution in [0.2, 0.25) is 0 Å². The molecule has 4 nitrogen and oxygen atoms in total. The van der Waals surface area contributed by atoms with E-state index >= 15 is 0 Å². The van der Waals surface area contributed by atoms with Crippen molar-refractivity contribution < 1.29 is 13.7 Å². The Balaban J connectivity index is 1.80. The lowest BCUT2D eigenvalue weighted by atomic mass is 10.2. The Labute approximate surface area is 117 Å². The Kier molecular flexibility index (Phi) is 5.12. The van der Waals surface area contributed by atoms with Gasteiger partial charge in [-0.3, -0.25) is 0 Å². The van der Waals surface area contributed by atoms with Crippen LogP contribution >= 0.6 is 0 Å². The lowest BCUT2D eigenvalue weighted by Gasteiger charge is -2.04. The molecule has 1 heterocycles. The van der Waals surface area contributed by atoms with Crippen molar-refractivity contribution in [3.63, 3.8) is 0 Å². The summed E-state index contributed by atoms with van der Waals surface area (Å²) in [7, 11) is 0. The molecule has 0 radical (unpaired) electrons. The minimum absolute atomic E-state index is 0.237. The molecular weight excluding hydrogens is 259 g/mol. The summed E-state index contributed by atoms with van der Waals surface area (Å²) < 4.78 is 23.6. The fraction of sp³-hybridized carbons (Fsp3) is 0.400. The van der Waals surface area contributed by atoms with Gasteiger partial charge in [0.25, 0.3) is 0 Å². The Morgan fingerprint density at radius 3 is 2.95 bits per heavy atom. The summed E-state index contributed by atoms with van der Waals surface area (Å²) in [6.07, 6.45) is 0. The molecule has 0 amide bonds. The van der Waals surface area contributed by atoms with Crippen molar-refractivity contribution in [1.29, 1.82) is 0 Å². The van der Waals surface area contributed by atoms with Crippen LogP contribution in [-0.2, 0) is 13.2 Å². The number of aromatic nitrogens is 1. The van der Waals surface area contributed by atoms with E-state index in [4.69, 9.17) is 9.26 Å². The van der Waals surface area contributed by atoms with Gasteiger partial charge in [0.1, 0.15) is 18.2 Å². The second kappa shape index (κ2) is 7.05. The van der Waals surface area contributed by atoms with Gasteiger partial charge >= 0.3 is 0 Å². The number of benzene rings is 1. The number of ether oxygens (including phenoxy) is 1. The number of hydrogen-bond donors (Lipinski definition) is 1. The van der Waals surface area contributed by atoms with Crippen molar-refractivity contribution in [2.24, 2.45) is 5.92 Å². The summed E-state index contributed by atoms with van der Waals surface area (Å²) in [5, 5.41) is 7.23. The number of nitrogens with one attached hydrogen (secondary N) is 1. The monoisotopic (exact) mass is 278 g/mol. The second-order valence-electron chi connectivity index (χ2n) is 5.06. The second-order valence-corrected chi connectivity index (χ2v) is 5.06. The summed E-state index contributed by atoms with van der Waals surface area (Å²) in [6.45, 7) is 6.13. The van der Waals surface area contributed by atoms with Crippen LogP contribution in [0.4, 0.5) is 4.39 Å². The van der Waals surface area contributed by atoms with E-state index < -0.39 is 0 Å². The molecule has 1 aromatic heterocycles. The topological polar surface area (TPSA) is 47.3 Å². The number of hydrogen-bond acceptors (Lipinski definition) is 4. The van der Waals surface area contributed by atoms with Gasteiger partial charge in [0.2, 0.25) is 0 Å². The number of rotatable bonds is 7. The smallest absolute Gasteiger partial charge is 0.174 e. The molecule has 0 aliphatic rings. The maximum atomic E-state index is 13.0. The Morgan fingerprint density at radius 2 is 2.20 bits per heavy atom. The third-order valence-corrected chi connectivity index (χ3v) is 2.64. The van der Waals surface area contributed by atoms with Crippen LogP contribution < -0.4 is 10.1 Å². The Bertz CT molecular complexity index is 540. The molecule has 2 rings (SSSR count). The van der Waals surface area contributed by atoms with Crippen molar-refractivity contribution >= 4 is 0 Å². The molecule has 0 saturated heterocycles. The van der Waals surface area contributed by atoms with Crippen molar-refractivity contribution in [3.05, 3.63) is 47.6 Å². The molecule has 20 heavy (non-hydrogen) atoms. The molecule has 0 spiro atoms. The SMILES string of the molecule is CC(C)CNCc1cc(COc2cccc(F)c2)on1. The average Bonchev–Trinajstić information content (AvgIpc) is 2.84. The highest BCUT2D eigenvalue weighted by Crippen LogP contribution is 2.14. The van der Waals surface area contributed by atoms with E-state index in [1.807, 2.05) is 6.07 Å². The molecule has 0 unspecified atom stereocenters. The fourth-order valence-electron chi connectivity index (χ4n) is 1.71. The predicted molar refractivity (Wildman–Crippen MR) is 73.8 cm³/mol. The van der Waals surface area contributed by atoms with Gasteiger partial charge in [-0.1, -0.05) is 25.1 Å². The highest BCUT2D eigenvalue weighted by Gasteiger charge is 2.05. The van der Waals surface area contributed by atoms with Crippen LogP contribution in [0.5, 0.6) is 5.75 Å². The molecule has 108 valence electrons. The van der Waals surface area contributed by atoms with Gasteiger partial charge in [-0.25, -0.2) is 4.39 Å². The molecule has 1 N–H and O–H groups in total. The fourth-order valence-corrected chi connectivity index (χ4v) is 1.71. The standard InChI is InChI=1S/C15H19FN2O2/c1-11(2)8-17-9-13-7-15(20-18-13)10-19-14-5-3-4-12(16)6-14/h3-7,11,17H,8-10H2,1-2H3. The van der Waals surface area contributed by atoms with E-state index in [1.165, 1.54) is 12.1 Å². The Morgan fingerprint density at radius 1 is 1.35 bits per heavy atom. The molecule has 0 aliphatic carbocycles. The van der Waals surface area contributed by atoms with Crippen molar-refractivity contribution in [2.75, 3.05) is 6.54 Å². The molecule has 1 aromatic carbocycles. The third-order valence-electron chi connectivity index (χ3n) is 2.64. The molecule has 0 bridgehead atoms. The molecule has 0 aliphatic heterocycles. The lowest BCUT2D eigenvalue weighted by molar-refractivity contribution is 0.247. The van der Waals surface area contributed by atoms with E-state index in [0.717, 1.165) is 12.2 Å². The average molecular weight is 278 g/mol. The summed E-state index contributed by atoms with van der Waals surface area (Å²) in [4.78, 5) is 0. The van der Waals surface area contributed by atoms with Crippen LogP contribution in [0.15, 0.2) is 34.9 Å². The molecule has 0 atom stereocenters. The normalized spacial score (nSPS) is 11.0. The highest BCUT2D eigenvalue weighted by atomic mass is 19.1. The van der Waals surface area contributed by atoms with E-state index in [9.17, 15) is 4.39 Å². The maximum absolute atomic E-state index is 13.0. The van der Waals surface area contributed by atoms with Crippen LogP contribution in [0, 0.1) is 11.7 Å². The Hall–Kier alpha value is -1.88. The zero-order valence-electron chi connectivity index (χ0n) is 11.7. The zero-order valence-corrected chi connectivity index (χ0v) is 11.7. The van der Waals surface area contributed by atoms with Crippen molar-refractivity contribution in [3.8, 4) is 5.75 Å². The molecular formula is C15H19FN2O2. The lowest BCUT2D eigenvalue weighted by Crippen LogP contribution is -2.19. The first-order valence-corrected chi connectivity index (χ1v) is 6.67. The van der Waals surface area contributed by atoms with Gasteiger partial charge in [0.05, 0.1) is 5.69 Å². The van der Waals surface area contributed by atoms with E-state index in [2.05, 4.69) is 24.3 Å². The van der Waals surface area contributed by atoms with Gasteiger partial charge in [-0.05, 0) is 24.6 Å². The van der Waals surface area contributed by atoms with Crippen molar-refractivity contribution in [2.45, 2.75) is 27.0 Å². The summed E-state index contributed by atoms with van der Waals surface area (Å²) in [6, 6.07) is 7.85. The van der Waals surface area contributed by atoms with E-state index in [-0.39, 0.29) is 12.4 Å². The summed E-state index contributed by atoms with van der Waals surface area (Å²) in [5.74, 6) is 1.37. The molecule has 0 fully saturated rings. The highest BCUT2D eigenvalue weighted by molar-refractivity contribution is 5.22. The van der Waals surface area contributed by atoms with Gasteiger partial charge in [0, 0.05) is 18.7 Å². The molecule has 5 heteroatoms. The van der Waals surface area contributed by atoms with Crippen molar-refractivity contribution in [1.82, 2.24) is 10.5 Å².